The molecule has 2 aromatic carbocycles. The van der Waals surface area contributed by atoms with E-state index in [0.717, 1.165) is 22.7 Å². The highest BCUT2D eigenvalue weighted by molar-refractivity contribution is 8.27. The van der Waals surface area contributed by atoms with E-state index in [0.29, 0.717) is 15.6 Å². The Bertz CT molecular complexity index is 1030. The van der Waals surface area contributed by atoms with Crippen molar-refractivity contribution in [1.29, 1.82) is 0 Å². The molecule has 1 saturated heterocycles. The Kier molecular flexibility index (Phi) is 5.76. The van der Waals surface area contributed by atoms with Gasteiger partial charge in [-0.2, -0.15) is 0 Å². The molecule has 1 amide bonds. The lowest BCUT2D eigenvalue weighted by Gasteiger charge is -2.16. The Morgan fingerprint density at radius 1 is 1.04 bits per heavy atom. The first-order valence-electron chi connectivity index (χ1n) is 7.52. The predicted octanol–water partition coefficient (Wildman–Crippen LogP) is 4.80. The third-order valence-corrected chi connectivity index (χ3v) is 5.70. The van der Waals surface area contributed by atoms with E-state index < -0.39 is 17.8 Å². The monoisotopic (exact) mass is 453 g/mol. The van der Waals surface area contributed by atoms with Crippen molar-refractivity contribution in [2.45, 2.75) is 0 Å². The summed E-state index contributed by atoms with van der Waals surface area (Å²) in [5, 5.41) is 19.1. The molecule has 142 valence electrons. The van der Waals surface area contributed by atoms with E-state index in [1.807, 2.05) is 0 Å². The SMILES string of the molecule is O=C(O)c1cc(C(=O)O)cc(N2C(=O)/C(=C/c3c(Cl)cccc3Cl)SC2=S)c1. The Balaban J connectivity index is 2.07. The molecule has 0 atom stereocenters. The number of rotatable bonds is 4. The van der Waals surface area contributed by atoms with E-state index in [9.17, 15) is 24.6 Å². The Morgan fingerprint density at radius 2 is 1.57 bits per heavy atom. The quantitative estimate of drug-likeness (QED) is 0.507. The van der Waals surface area contributed by atoms with Gasteiger partial charge in [0.1, 0.15) is 0 Å². The van der Waals surface area contributed by atoms with E-state index in [-0.39, 0.29) is 26.0 Å². The van der Waals surface area contributed by atoms with E-state index in [1.54, 1.807) is 18.2 Å². The topological polar surface area (TPSA) is 94.9 Å². The van der Waals surface area contributed by atoms with Crippen LogP contribution in [0.1, 0.15) is 26.3 Å². The minimum absolute atomic E-state index is 0.0495. The second-order valence-electron chi connectivity index (χ2n) is 5.53. The second-order valence-corrected chi connectivity index (χ2v) is 8.02. The molecule has 1 aliphatic rings. The maximum atomic E-state index is 12.9. The normalized spacial score (nSPS) is 15.4. The lowest BCUT2D eigenvalue weighted by molar-refractivity contribution is -0.113. The summed E-state index contributed by atoms with van der Waals surface area (Å²) in [5.74, 6) is -3.19. The standard InChI is InChI=1S/C18H9Cl2NO5S2/c19-12-2-1-3-13(20)11(12)7-14-15(22)21(18(27)28-14)10-5-8(16(23)24)4-9(6-10)17(25)26/h1-7H,(H,23,24)(H,25,26)/b14-7-. The third-order valence-electron chi connectivity index (χ3n) is 3.74. The minimum atomic E-state index is -1.33. The zero-order valence-corrected chi connectivity index (χ0v) is 16.8. The number of thiocarbonyl (C=S) groups is 1. The van der Waals surface area contributed by atoms with Crippen molar-refractivity contribution in [3.8, 4) is 0 Å². The number of carbonyl (C=O) groups excluding carboxylic acids is 1. The molecule has 1 aliphatic heterocycles. The average Bonchev–Trinajstić information content (AvgIpc) is 2.91. The van der Waals surface area contributed by atoms with Crippen molar-refractivity contribution in [3.05, 3.63) is 68.0 Å². The number of halogens is 2. The van der Waals surface area contributed by atoms with Gasteiger partial charge in [-0.25, -0.2) is 9.59 Å². The van der Waals surface area contributed by atoms with Crippen LogP contribution in [0.15, 0.2) is 41.3 Å². The highest BCUT2D eigenvalue weighted by Gasteiger charge is 2.34. The number of amides is 1. The highest BCUT2D eigenvalue weighted by Crippen LogP contribution is 2.38. The van der Waals surface area contributed by atoms with Crippen LogP contribution in [0.2, 0.25) is 10.0 Å². The van der Waals surface area contributed by atoms with Gasteiger partial charge in [-0.3, -0.25) is 9.69 Å². The van der Waals surface area contributed by atoms with E-state index in [4.69, 9.17) is 35.4 Å². The molecule has 10 heteroatoms. The van der Waals surface area contributed by atoms with Crippen LogP contribution >= 0.6 is 47.2 Å². The largest absolute Gasteiger partial charge is 0.478 e. The van der Waals surface area contributed by atoms with Crippen molar-refractivity contribution in [2.75, 3.05) is 4.90 Å². The number of benzene rings is 2. The summed E-state index contributed by atoms with van der Waals surface area (Å²) < 4.78 is 0.123. The van der Waals surface area contributed by atoms with Crippen molar-refractivity contribution in [2.24, 2.45) is 0 Å². The molecule has 0 spiro atoms. The van der Waals surface area contributed by atoms with Crippen LogP contribution in [0, 0.1) is 0 Å². The first kappa shape index (κ1) is 20.3. The first-order chi connectivity index (χ1) is 13.2. The molecule has 1 fully saturated rings. The fourth-order valence-electron chi connectivity index (χ4n) is 2.46. The molecule has 0 aromatic heterocycles. The Hall–Kier alpha value is -2.39. The van der Waals surface area contributed by atoms with Crippen molar-refractivity contribution < 1.29 is 24.6 Å². The molecule has 2 N–H and O–H groups in total. The number of carboxylic acid groups (broad SMARTS) is 2. The molecule has 6 nitrogen and oxygen atoms in total. The average molecular weight is 454 g/mol. The molecular weight excluding hydrogens is 445 g/mol. The van der Waals surface area contributed by atoms with Crippen molar-refractivity contribution in [1.82, 2.24) is 0 Å². The smallest absolute Gasteiger partial charge is 0.335 e. The lowest BCUT2D eigenvalue weighted by atomic mass is 10.1. The summed E-state index contributed by atoms with van der Waals surface area (Å²) in [6.45, 7) is 0. The fraction of sp³-hybridized carbons (Fsp3) is 0. The maximum Gasteiger partial charge on any atom is 0.335 e. The van der Waals surface area contributed by atoms with Crippen LogP contribution in [-0.2, 0) is 4.79 Å². The van der Waals surface area contributed by atoms with Crippen LogP contribution in [0.3, 0.4) is 0 Å². The van der Waals surface area contributed by atoms with E-state index in [1.165, 1.54) is 18.2 Å². The molecule has 2 aromatic rings. The summed E-state index contributed by atoms with van der Waals surface area (Å²) >= 11 is 18.5. The van der Waals surface area contributed by atoms with Crippen LogP contribution in [-0.4, -0.2) is 32.4 Å². The third kappa shape index (κ3) is 3.90. The number of nitrogens with zero attached hydrogens (tertiary/aromatic N) is 1. The van der Waals surface area contributed by atoms with Crippen LogP contribution in [0.5, 0.6) is 0 Å². The van der Waals surface area contributed by atoms with Gasteiger partial charge in [0.15, 0.2) is 4.32 Å². The zero-order valence-electron chi connectivity index (χ0n) is 13.7. The first-order valence-corrected chi connectivity index (χ1v) is 9.50. The molecular formula is C18H9Cl2NO5S2. The minimum Gasteiger partial charge on any atom is -0.478 e. The number of carbonyl (C=O) groups is 3. The van der Waals surface area contributed by atoms with E-state index >= 15 is 0 Å². The van der Waals surface area contributed by atoms with Crippen LogP contribution in [0.4, 0.5) is 5.69 Å². The van der Waals surface area contributed by atoms with Crippen LogP contribution < -0.4 is 4.90 Å². The second kappa shape index (κ2) is 7.92. The predicted molar refractivity (Wildman–Crippen MR) is 112 cm³/mol. The summed E-state index contributed by atoms with van der Waals surface area (Å²) in [6, 6.07) is 8.28. The number of anilines is 1. The molecule has 0 unspecified atom stereocenters. The van der Waals surface area contributed by atoms with Gasteiger partial charge in [0.2, 0.25) is 0 Å². The number of hydrogen-bond donors (Lipinski definition) is 2. The van der Waals surface area contributed by atoms with Gasteiger partial charge in [0, 0.05) is 15.6 Å². The number of aromatic carboxylic acids is 2. The fourth-order valence-corrected chi connectivity index (χ4v) is 4.24. The summed E-state index contributed by atoms with van der Waals surface area (Å²) in [5.41, 5.74) is -0.0607. The number of thioether (sulfide) groups is 1. The zero-order chi connectivity index (χ0) is 20.6. The summed E-state index contributed by atoms with van der Waals surface area (Å²) in [4.78, 5) is 36.8. The number of hydrogen-bond acceptors (Lipinski definition) is 5. The molecule has 1 heterocycles. The number of carboxylic acids is 2. The van der Waals surface area contributed by atoms with Gasteiger partial charge in [-0.05, 0) is 36.4 Å². The van der Waals surface area contributed by atoms with Gasteiger partial charge in [0.25, 0.3) is 5.91 Å². The molecule has 0 saturated carbocycles. The van der Waals surface area contributed by atoms with E-state index in [2.05, 4.69) is 0 Å². The van der Waals surface area contributed by atoms with Gasteiger partial charge in [-0.1, -0.05) is 53.2 Å². The molecule has 0 radical (unpaired) electrons. The maximum absolute atomic E-state index is 12.9. The molecule has 0 bridgehead atoms. The highest BCUT2D eigenvalue weighted by atomic mass is 35.5. The molecule has 0 aliphatic carbocycles. The molecule has 28 heavy (non-hydrogen) atoms. The summed E-state index contributed by atoms with van der Waals surface area (Å²) in [7, 11) is 0. The van der Waals surface area contributed by atoms with Gasteiger partial charge in [0.05, 0.1) is 21.7 Å². The van der Waals surface area contributed by atoms with Gasteiger partial charge in [-0.15, -0.1) is 0 Å². The molecule has 3 rings (SSSR count). The lowest BCUT2D eigenvalue weighted by Crippen LogP contribution is -2.28. The Labute approximate surface area is 178 Å². The van der Waals surface area contributed by atoms with Crippen LogP contribution in [0.25, 0.3) is 6.08 Å². The van der Waals surface area contributed by atoms with Gasteiger partial charge >= 0.3 is 11.9 Å². The summed E-state index contributed by atoms with van der Waals surface area (Å²) in [6.07, 6.45) is 1.49. The van der Waals surface area contributed by atoms with Crippen molar-refractivity contribution >= 4 is 81.1 Å². The Morgan fingerprint density at radius 3 is 2.07 bits per heavy atom. The van der Waals surface area contributed by atoms with Gasteiger partial charge < -0.3 is 10.2 Å². The van der Waals surface area contributed by atoms with Crippen molar-refractivity contribution in [3.63, 3.8) is 0 Å².